The van der Waals surface area contributed by atoms with Gasteiger partial charge in [-0.2, -0.15) is 4.80 Å². The molecule has 1 aromatic heterocycles. The van der Waals surface area contributed by atoms with Crippen molar-refractivity contribution in [1.82, 2.24) is 20.3 Å². The summed E-state index contributed by atoms with van der Waals surface area (Å²) in [5, 5.41) is 15.3. The molecule has 0 bridgehead atoms. The third-order valence-corrected chi connectivity index (χ3v) is 5.48. The molecule has 1 heterocycles. The molecule has 7 heteroatoms. The first kappa shape index (κ1) is 21.6. The van der Waals surface area contributed by atoms with Crippen LogP contribution >= 0.6 is 12.2 Å². The quantitative estimate of drug-likeness (QED) is 0.420. The molecule has 0 aliphatic carbocycles. The smallest absolute Gasteiger partial charge is 0.257 e. The van der Waals surface area contributed by atoms with Crippen LogP contribution < -0.4 is 10.6 Å². The molecule has 0 unspecified atom stereocenters. The van der Waals surface area contributed by atoms with Gasteiger partial charge in [0.05, 0.1) is 5.69 Å². The Bertz CT molecular complexity index is 1310. The summed E-state index contributed by atoms with van der Waals surface area (Å²) in [4.78, 5) is 14.1. The predicted molar refractivity (Wildman–Crippen MR) is 133 cm³/mol. The van der Waals surface area contributed by atoms with E-state index in [4.69, 9.17) is 12.2 Å². The number of amides is 1. The average molecular weight is 444 g/mol. The van der Waals surface area contributed by atoms with E-state index < -0.39 is 0 Å². The molecule has 0 saturated heterocycles. The Kier molecular flexibility index (Phi) is 6.01. The Morgan fingerprint density at radius 2 is 1.66 bits per heavy atom. The summed E-state index contributed by atoms with van der Waals surface area (Å²) in [6, 6.07) is 19.5. The van der Waals surface area contributed by atoms with E-state index >= 15 is 0 Å². The highest BCUT2D eigenvalue weighted by Gasteiger charge is 2.12. The Balaban J connectivity index is 1.52. The van der Waals surface area contributed by atoms with E-state index in [-0.39, 0.29) is 11.0 Å². The topological polar surface area (TPSA) is 71.8 Å². The molecule has 0 saturated carbocycles. The zero-order valence-corrected chi connectivity index (χ0v) is 19.3. The summed E-state index contributed by atoms with van der Waals surface area (Å²) in [5.41, 5.74) is 7.00. The number of aryl methyl sites for hydroxylation is 2. The van der Waals surface area contributed by atoms with Crippen molar-refractivity contribution in [1.29, 1.82) is 0 Å². The molecule has 1 amide bonds. The average Bonchev–Trinajstić information content (AvgIpc) is 3.16. The Hall–Kier alpha value is -3.58. The van der Waals surface area contributed by atoms with Gasteiger partial charge in [0.25, 0.3) is 5.91 Å². The molecule has 4 rings (SSSR count). The van der Waals surface area contributed by atoms with E-state index in [0.717, 1.165) is 33.5 Å². The van der Waals surface area contributed by atoms with Crippen LogP contribution in [0.15, 0.2) is 60.7 Å². The highest BCUT2D eigenvalue weighted by molar-refractivity contribution is 7.80. The summed E-state index contributed by atoms with van der Waals surface area (Å²) >= 11 is 5.36. The first-order valence-electron chi connectivity index (χ1n) is 10.5. The second-order valence-corrected chi connectivity index (χ2v) is 8.58. The van der Waals surface area contributed by atoms with Gasteiger partial charge in [-0.15, -0.1) is 10.2 Å². The van der Waals surface area contributed by atoms with Crippen molar-refractivity contribution in [3.8, 4) is 5.69 Å². The lowest BCUT2D eigenvalue weighted by atomic mass is 10.0. The summed E-state index contributed by atoms with van der Waals surface area (Å²) in [7, 11) is 0. The van der Waals surface area contributed by atoms with E-state index in [0.29, 0.717) is 11.5 Å². The SMILES string of the molecule is Cc1cccc(C(=O)NC(=S)Nc2cc3nn(-c4ccc(C(C)C)cc4)nc3cc2C)c1. The highest BCUT2D eigenvalue weighted by Crippen LogP contribution is 2.23. The van der Waals surface area contributed by atoms with E-state index in [9.17, 15) is 4.79 Å². The van der Waals surface area contributed by atoms with Crippen molar-refractivity contribution >= 4 is 40.0 Å². The molecular weight excluding hydrogens is 418 g/mol. The summed E-state index contributed by atoms with van der Waals surface area (Å²) in [6.45, 7) is 8.24. The van der Waals surface area contributed by atoms with Gasteiger partial charge in [0, 0.05) is 11.3 Å². The van der Waals surface area contributed by atoms with Crippen LogP contribution in [0.4, 0.5) is 5.69 Å². The number of fused-ring (bicyclic) bond motifs is 1. The lowest BCUT2D eigenvalue weighted by Crippen LogP contribution is -2.34. The van der Waals surface area contributed by atoms with Crippen LogP contribution in [0.2, 0.25) is 0 Å². The molecule has 3 aromatic carbocycles. The van der Waals surface area contributed by atoms with Crippen molar-refractivity contribution in [3.05, 3.63) is 82.9 Å². The van der Waals surface area contributed by atoms with Gasteiger partial charge >= 0.3 is 0 Å². The van der Waals surface area contributed by atoms with Gasteiger partial charge in [0.15, 0.2) is 5.11 Å². The maximum atomic E-state index is 12.5. The number of nitrogens with zero attached hydrogens (tertiary/aromatic N) is 3. The third kappa shape index (κ3) is 4.68. The zero-order valence-electron chi connectivity index (χ0n) is 18.5. The predicted octanol–water partition coefficient (Wildman–Crippen LogP) is 5.29. The lowest BCUT2D eigenvalue weighted by molar-refractivity contribution is 0.0977. The molecule has 0 radical (unpaired) electrons. The van der Waals surface area contributed by atoms with Crippen molar-refractivity contribution < 1.29 is 4.79 Å². The van der Waals surface area contributed by atoms with Crippen LogP contribution in [0.5, 0.6) is 0 Å². The molecule has 0 aliphatic heterocycles. The highest BCUT2D eigenvalue weighted by atomic mass is 32.1. The molecule has 162 valence electrons. The molecule has 4 aromatic rings. The fourth-order valence-electron chi connectivity index (χ4n) is 3.43. The number of anilines is 1. The molecule has 32 heavy (non-hydrogen) atoms. The normalized spacial score (nSPS) is 11.0. The zero-order chi connectivity index (χ0) is 22.8. The molecule has 2 N–H and O–H groups in total. The first-order chi connectivity index (χ1) is 15.3. The van der Waals surface area contributed by atoms with Gasteiger partial charge < -0.3 is 5.32 Å². The number of hydrogen-bond donors (Lipinski definition) is 2. The van der Waals surface area contributed by atoms with E-state index in [1.54, 1.807) is 10.9 Å². The number of thiocarbonyl (C=S) groups is 1. The summed E-state index contributed by atoms with van der Waals surface area (Å²) in [5.74, 6) is 0.223. The van der Waals surface area contributed by atoms with Crippen molar-refractivity contribution in [2.24, 2.45) is 0 Å². The van der Waals surface area contributed by atoms with Crippen LogP contribution in [0.1, 0.15) is 46.8 Å². The monoisotopic (exact) mass is 443 g/mol. The maximum absolute atomic E-state index is 12.5. The minimum Gasteiger partial charge on any atom is -0.332 e. The number of nitrogens with one attached hydrogen (secondary N) is 2. The van der Waals surface area contributed by atoms with Crippen LogP contribution in [0.3, 0.4) is 0 Å². The van der Waals surface area contributed by atoms with Gasteiger partial charge in [-0.05, 0) is 79.5 Å². The lowest BCUT2D eigenvalue weighted by Gasteiger charge is -2.12. The second kappa shape index (κ2) is 8.88. The molecular formula is C25H25N5OS. The van der Waals surface area contributed by atoms with Gasteiger partial charge in [-0.3, -0.25) is 10.1 Å². The Morgan fingerprint density at radius 3 is 2.31 bits per heavy atom. The van der Waals surface area contributed by atoms with E-state index in [2.05, 4.69) is 46.8 Å². The van der Waals surface area contributed by atoms with Crippen LogP contribution in [-0.4, -0.2) is 26.0 Å². The minimum atomic E-state index is -0.249. The van der Waals surface area contributed by atoms with Gasteiger partial charge in [0.2, 0.25) is 0 Å². The number of rotatable bonds is 4. The van der Waals surface area contributed by atoms with Crippen LogP contribution in [-0.2, 0) is 0 Å². The number of aromatic nitrogens is 3. The number of carbonyl (C=O) groups excluding carboxylic acids is 1. The first-order valence-corrected chi connectivity index (χ1v) is 10.9. The number of carbonyl (C=O) groups is 1. The van der Waals surface area contributed by atoms with Crippen molar-refractivity contribution in [3.63, 3.8) is 0 Å². The van der Waals surface area contributed by atoms with Crippen LogP contribution in [0, 0.1) is 13.8 Å². The Labute approximate surface area is 192 Å². The molecule has 0 aliphatic rings. The molecule has 0 fully saturated rings. The molecule has 6 nitrogen and oxygen atoms in total. The molecule has 0 spiro atoms. The minimum absolute atomic E-state index is 0.232. The Morgan fingerprint density at radius 1 is 0.969 bits per heavy atom. The number of hydrogen-bond acceptors (Lipinski definition) is 4. The number of benzene rings is 3. The standard InChI is InChI=1S/C25H25N5OS/c1-15(2)18-8-10-20(11-9-18)30-28-22-13-17(4)21(14-23(22)29-30)26-25(32)27-24(31)19-7-5-6-16(3)12-19/h5-15H,1-4H3,(H2,26,27,31,32). The fourth-order valence-corrected chi connectivity index (χ4v) is 3.63. The van der Waals surface area contributed by atoms with E-state index in [1.165, 1.54) is 5.56 Å². The van der Waals surface area contributed by atoms with Crippen molar-refractivity contribution in [2.75, 3.05) is 5.32 Å². The van der Waals surface area contributed by atoms with Gasteiger partial charge in [-0.1, -0.05) is 43.7 Å². The van der Waals surface area contributed by atoms with Crippen LogP contribution in [0.25, 0.3) is 16.7 Å². The maximum Gasteiger partial charge on any atom is 0.257 e. The fraction of sp³-hybridized carbons (Fsp3) is 0.200. The van der Waals surface area contributed by atoms with Crippen molar-refractivity contribution in [2.45, 2.75) is 33.6 Å². The third-order valence-electron chi connectivity index (χ3n) is 5.27. The summed E-state index contributed by atoms with van der Waals surface area (Å²) in [6.07, 6.45) is 0. The molecule has 0 atom stereocenters. The van der Waals surface area contributed by atoms with Gasteiger partial charge in [-0.25, -0.2) is 0 Å². The second-order valence-electron chi connectivity index (χ2n) is 8.17. The van der Waals surface area contributed by atoms with Gasteiger partial charge in [0.1, 0.15) is 11.0 Å². The largest absolute Gasteiger partial charge is 0.332 e. The van der Waals surface area contributed by atoms with E-state index in [1.807, 2.05) is 56.3 Å². The summed E-state index contributed by atoms with van der Waals surface area (Å²) < 4.78 is 0.